The molecule has 138 valence electrons. The van der Waals surface area contributed by atoms with Gasteiger partial charge in [0.2, 0.25) is 0 Å². The second kappa shape index (κ2) is 6.61. The summed E-state index contributed by atoms with van der Waals surface area (Å²) in [5.41, 5.74) is 5.42. The summed E-state index contributed by atoms with van der Waals surface area (Å²) in [5, 5.41) is 0. The number of aromatic nitrogens is 2. The summed E-state index contributed by atoms with van der Waals surface area (Å²) in [6.07, 6.45) is 8.62. The van der Waals surface area contributed by atoms with Crippen molar-refractivity contribution in [2.75, 3.05) is 13.1 Å². The summed E-state index contributed by atoms with van der Waals surface area (Å²) in [5.74, 6) is 1.83. The third kappa shape index (κ3) is 3.08. The Morgan fingerprint density at radius 2 is 2.04 bits per heavy atom. The quantitative estimate of drug-likeness (QED) is 0.689. The zero-order chi connectivity index (χ0) is 18.3. The summed E-state index contributed by atoms with van der Waals surface area (Å²) < 4.78 is 5.49. The Morgan fingerprint density at radius 3 is 2.85 bits per heavy atom. The lowest BCUT2D eigenvalue weighted by atomic mass is 9.77. The molecule has 0 N–H and O–H groups in total. The molecular weight excluding hydrogens is 334 g/mol. The van der Waals surface area contributed by atoms with Crippen LogP contribution in [-0.2, 0) is 18.4 Å². The van der Waals surface area contributed by atoms with Gasteiger partial charge in [-0.15, -0.1) is 0 Å². The molecule has 0 bridgehead atoms. The number of furan rings is 1. The standard InChI is InChI=1S/C23H25N3O/c1-17-24-14-20-9-11-23(22(20)25-17)10-3-12-26(16-23)15-18-5-7-19(8-6-18)21-4-2-13-27-21/h2,4-8,13-14H,3,9-12,15-16H2,1H3. The van der Waals surface area contributed by atoms with E-state index in [0.717, 1.165) is 36.7 Å². The SMILES string of the molecule is Cc1ncc2c(n1)C1(CCCN(Cc3ccc(-c4ccco4)cc3)C1)CC2. The minimum Gasteiger partial charge on any atom is -0.464 e. The zero-order valence-corrected chi connectivity index (χ0v) is 15.8. The van der Waals surface area contributed by atoms with Crippen LogP contribution in [0.4, 0.5) is 0 Å². The first-order valence-corrected chi connectivity index (χ1v) is 9.90. The Morgan fingerprint density at radius 1 is 1.15 bits per heavy atom. The minimum atomic E-state index is 0.232. The summed E-state index contributed by atoms with van der Waals surface area (Å²) in [6.45, 7) is 5.28. The molecule has 1 atom stereocenters. The monoisotopic (exact) mass is 359 g/mol. The van der Waals surface area contributed by atoms with Crippen LogP contribution in [-0.4, -0.2) is 28.0 Å². The smallest absolute Gasteiger partial charge is 0.133 e. The first-order valence-electron chi connectivity index (χ1n) is 9.90. The highest BCUT2D eigenvalue weighted by atomic mass is 16.3. The second-order valence-electron chi connectivity index (χ2n) is 8.06. The number of nitrogens with zero attached hydrogens (tertiary/aromatic N) is 3. The molecule has 0 saturated carbocycles. The van der Waals surface area contributed by atoms with Crippen LogP contribution in [0, 0.1) is 6.92 Å². The maximum atomic E-state index is 5.49. The molecule has 1 unspecified atom stereocenters. The highest BCUT2D eigenvalue weighted by Gasteiger charge is 2.43. The number of aryl methyl sites for hydroxylation is 2. The number of hydrogen-bond donors (Lipinski definition) is 0. The highest BCUT2D eigenvalue weighted by molar-refractivity contribution is 5.57. The lowest BCUT2D eigenvalue weighted by molar-refractivity contribution is 0.136. The zero-order valence-electron chi connectivity index (χ0n) is 15.8. The van der Waals surface area contributed by atoms with Crippen LogP contribution in [0.3, 0.4) is 0 Å². The van der Waals surface area contributed by atoms with Gasteiger partial charge in [0, 0.05) is 30.3 Å². The molecular formula is C23H25N3O. The Bertz CT molecular complexity index is 929. The van der Waals surface area contributed by atoms with Crippen LogP contribution in [0.5, 0.6) is 0 Å². The van der Waals surface area contributed by atoms with E-state index in [4.69, 9.17) is 9.40 Å². The van der Waals surface area contributed by atoms with Crippen LogP contribution < -0.4 is 0 Å². The largest absolute Gasteiger partial charge is 0.464 e. The molecule has 3 heterocycles. The van der Waals surface area contributed by atoms with E-state index in [1.54, 1.807) is 6.26 Å². The number of hydrogen-bond acceptors (Lipinski definition) is 4. The molecule has 4 heteroatoms. The lowest BCUT2D eigenvalue weighted by Gasteiger charge is -2.40. The molecule has 27 heavy (non-hydrogen) atoms. The van der Waals surface area contributed by atoms with E-state index in [2.05, 4.69) is 40.3 Å². The minimum absolute atomic E-state index is 0.232. The number of likely N-dealkylation sites (tertiary alicyclic amines) is 1. The van der Waals surface area contributed by atoms with Crippen LogP contribution in [0.1, 0.15) is 41.9 Å². The fraction of sp³-hybridized carbons (Fsp3) is 0.391. The molecule has 1 aliphatic carbocycles. The molecule has 1 saturated heterocycles. The van der Waals surface area contributed by atoms with Gasteiger partial charge in [0.15, 0.2) is 0 Å². The predicted molar refractivity (Wildman–Crippen MR) is 105 cm³/mol. The molecule has 1 aromatic carbocycles. The number of fused-ring (bicyclic) bond motifs is 2. The van der Waals surface area contributed by atoms with E-state index < -0.39 is 0 Å². The first kappa shape index (κ1) is 16.7. The van der Waals surface area contributed by atoms with Gasteiger partial charge >= 0.3 is 0 Å². The van der Waals surface area contributed by atoms with Crippen LogP contribution >= 0.6 is 0 Å². The van der Waals surface area contributed by atoms with Crippen LogP contribution in [0.2, 0.25) is 0 Å². The van der Waals surface area contributed by atoms with Crippen molar-refractivity contribution in [3.63, 3.8) is 0 Å². The van der Waals surface area contributed by atoms with Crippen molar-refractivity contribution in [3.8, 4) is 11.3 Å². The van der Waals surface area contributed by atoms with E-state index in [0.29, 0.717) is 0 Å². The van der Waals surface area contributed by atoms with E-state index in [9.17, 15) is 0 Å². The predicted octanol–water partition coefficient (Wildman–Crippen LogP) is 4.53. The fourth-order valence-corrected chi connectivity index (χ4v) is 4.86. The molecule has 0 radical (unpaired) electrons. The number of benzene rings is 1. The van der Waals surface area contributed by atoms with Gasteiger partial charge in [0.1, 0.15) is 11.6 Å². The topological polar surface area (TPSA) is 42.2 Å². The Kier molecular flexibility index (Phi) is 4.09. The highest BCUT2D eigenvalue weighted by Crippen LogP contribution is 2.44. The maximum absolute atomic E-state index is 5.49. The lowest BCUT2D eigenvalue weighted by Crippen LogP contribution is -2.45. The fourth-order valence-electron chi connectivity index (χ4n) is 4.86. The average molecular weight is 359 g/mol. The van der Waals surface area contributed by atoms with E-state index in [-0.39, 0.29) is 5.41 Å². The molecule has 1 aliphatic heterocycles. The Hall–Kier alpha value is -2.46. The average Bonchev–Trinajstić information content (AvgIpc) is 3.33. The van der Waals surface area contributed by atoms with Crippen molar-refractivity contribution in [2.24, 2.45) is 0 Å². The van der Waals surface area contributed by atoms with Crippen molar-refractivity contribution in [3.05, 3.63) is 71.5 Å². The van der Waals surface area contributed by atoms with Crippen molar-refractivity contribution in [2.45, 2.75) is 44.6 Å². The summed E-state index contributed by atoms with van der Waals surface area (Å²) >= 11 is 0. The maximum Gasteiger partial charge on any atom is 0.133 e. The van der Waals surface area contributed by atoms with Gasteiger partial charge in [-0.05, 0) is 62.4 Å². The number of piperidine rings is 1. The van der Waals surface area contributed by atoms with Crippen molar-refractivity contribution < 1.29 is 4.42 Å². The molecule has 1 fully saturated rings. The van der Waals surface area contributed by atoms with Crippen molar-refractivity contribution in [1.82, 2.24) is 14.9 Å². The van der Waals surface area contributed by atoms with Gasteiger partial charge < -0.3 is 4.42 Å². The Labute approximate surface area is 160 Å². The molecule has 4 nitrogen and oxygen atoms in total. The third-order valence-electron chi connectivity index (χ3n) is 6.18. The molecule has 3 aromatic rings. The summed E-state index contributed by atoms with van der Waals surface area (Å²) in [6, 6.07) is 12.7. The molecule has 0 amide bonds. The van der Waals surface area contributed by atoms with Crippen molar-refractivity contribution in [1.29, 1.82) is 0 Å². The number of rotatable bonds is 3. The van der Waals surface area contributed by atoms with E-state index in [1.165, 1.54) is 42.6 Å². The van der Waals surface area contributed by atoms with Gasteiger partial charge in [-0.3, -0.25) is 4.90 Å². The second-order valence-corrected chi connectivity index (χ2v) is 8.06. The van der Waals surface area contributed by atoms with Gasteiger partial charge in [-0.1, -0.05) is 24.3 Å². The molecule has 2 aliphatic rings. The third-order valence-corrected chi connectivity index (χ3v) is 6.18. The molecule has 2 aromatic heterocycles. The van der Waals surface area contributed by atoms with Gasteiger partial charge in [-0.2, -0.15) is 0 Å². The summed E-state index contributed by atoms with van der Waals surface area (Å²) in [4.78, 5) is 11.9. The van der Waals surface area contributed by atoms with E-state index >= 15 is 0 Å². The van der Waals surface area contributed by atoms with Gasteiger partial charge in [0.25, 0.3) is 0 Å². The van der Waals surface area contributed by atoms with Crippen LogP contribution in [0.15, 0.2) is 53.3 Å². The van der Waals surface area contributed by atoms with Gasteiger partial charge in [0.05, 0.1) is 12.0 Å². The van der Waals surface area contributed by atoms with Crippen molar-refractivity contribution >= 4 is 0 Å². The van der Waals surface area contributed by atoms with Crippen LogP contribution in [0.25, 0.3) is 11.3 Å². The molecule has 1 spiro atoms. The Balaban J connectivity index is 1.33. The van der Waals surface area contributed by atoms with Gasteiger partial charge in [-0.25, -0.2) is 9.97 Å². The summed E-state index contributed by atoms with van der Waals surface area (Å²) in [7, 11) is 0. The molecule has 5 rings (SSSR count). The van der Waals surface area contributed by atoms with E-state index in [1.807, 2.05) is 19.1 Å². The first-order chi connectivity index (χ1) is 13.2. The normalized spacial score (nSPS) is 22.3.